The number of hydrogen-bond acceptors (Lipinski definition) is 2. The molecule has 11 heavy (non-hydrogen) atoms. The molecule has 0 aromatic heterocycles. The molecule has 62 valence electrons. The molecule has 0 amide bonds. The Hall–Kier alpha value is -0.520. The molecule has 0 saturated heterocycles. The second-order valence-corrected chi connectivity index (χ2v) is 3.61. The summed E-state index contributed by atoms with van der Waals surface area (Å²) in [6, 6.07) is 0. The van der Waals surface area contributed by atoms with Gasteiger partial charge in [0.2, 0.25) is 0 Å². The molecule has 0 radical (unpaired) electrons. The molecule has 1 aliphatic rings. The molecule has 2 atom stereocenters. The first kappa shape index (κ1) is 8.58. The summed E-state index contributed by atoms with van der Waals surface area (Å²) in [7, 11) is 0. The molecule has 2 nitrogen and oxygen atoms in total. The Morgan fingerprint density at radius 1 is 1.55 bits per heavy atom. The lowest BCUT2D eigenvalue weighted by atomic mass is 10.1. The zero-order valence-electron chi connectivity index (χ0n) is 6.96. The van der Waals surface area contributed by atoms with Gasteiger partial charge in [-0.15, -0.1) is 0 Å². The molecule has 0 bridgehead atoms. The summed E-state index contributed by atoms with van der Waals surface area (Å²) in [5.74, 6) is 6.37. The maximum Gasteiger partial charge on any atom is 0.119 e. The average Bonchev–Trinajstić information content (AvgIpc) is 2.60. The largest absolute Gasteiger partial charge is 0.396 e. The molecule has 2 heteroatoms. The van der Waals surface area contributed by atoms with Gasteiger partial charge >= 0.3 is 0 Å². The van der Waals surface area contributed by atoms with Crippen molar-refractivity contribution in [3.8, 4) is 11.8 Å². The van der Waals surface area contributed by atoms with Crippen LogP contribution < -0.4 is 0 Å². The summed E-state index contributed by atoms with van der Waals surface area (Å²) in [6.45, 7) is 3.55. The van der Waals surface area contributed by atoms with Crippen molar-refractivity contribution in [1.29, 1.82) is 0 Å². The molecule has 0 aromatic rings. The zero-order valence-corrected chi connectivity index (χ0v) is 6.96. The molecule has 2 N–H and O–H groups in total. The molecule has 0 aliphatic heterocycles. The van der Waals surface area contributed by atoms with Crippen LogP contribution in [-0.4, -0.2) is 22.4 Å². The van der Waals surface area contributed by atoms with Crippen molar-refractivity contribution in [3.05, 3.63) is 0 Å². The van der Waals surface area contributed by atoms with Crippen LogP contribution in [-0.2, 0) is 0 Å². The van der Waals surface area contributed by atoms with Crippen LogP contribution in [0.4, 0.5) is 0 Å². The van der Waals surface area contributed by atoms with Gasteiger partial charge < -0.3 is 10.2 Å². The van der Waals surface area contributed by atoms with Gasteiger partial charge in [-0.25, -0.2) is 0 Å². The summed E-state index contributed by atoms with van der Waals surface area (Å²) in [5.41, 5.74) is -0.886. The van der Waals surface area contributed by atoms with Crippen LogP contribution in [0, 0.1) is 23.7 Å². The van der Waals surface area contributed by atoms with Crippen LogP contribution in [0.15, 0.2) is 0 Å². The fourth-order valence-electron chi connectivity index (χ4n) is 0.895. The Labute approximate surface area is 67.2 Å². The molecular weight excluding hydrogens is 140 g/mol. The minimum atomic E-state index is -0.886. The summed E-state index contributed by atoms with van der Waals surface area (Å²) >= 11 is 0. The monoisotopic (exact) mass is 154 g/mol. The first-order valence-electron chi connectivity index (χ1n) is 3.89. The molecule has 1 aliphatic carbocycles. The highest BCUT2D eigenvalue weighted by Crippen LogP contribution is 2.37. The van der Waals surface area contributed by atoms with Crippen molar-refractivity contribution >= 4 is 0 Å². The number of aliphatic hydroxyl groups excluding tert-OH is 1. The van der Waals surface area contributed by atoms with E-state index in [2.05, 4.69) is 11.8 Å². The van der Waals surface area contributed by atoms with E-state index in [1.54, 1.807) is 13.8 Å². The molecule has 1 saturated carbocycles. The van der Waals surface area contributed by atoms with Crippen LogP contribution >= 0.6 is 0 Å². The third kappa shape index (κ3) is 2.92. The van der Waals surface area contributed by atoms with Gasteiger partial charge in [-0.1, -0.05) is 11.8 Å². The van der Waals surface area contributed by atoms with Crippen molar-refractivity contribution in [3.63, 3.8) is 0 Å². The Kier molecular flexibility index (Phi) is 2.22. The third-order valence-corrected chi connectivity index (χ3v) is 1.72. The quantitative estimate of drug-likeness (QED) is 0.536. The Balaban J connectivity index is 2.36. The lowest BCUT2D eigenvalue weighted by Crippen LogP contribution is -2.14. The van der Waals surface area contributed by atoms with Gasteiger partial charge in [-0.3, -0.25) is 0 Å². The predicted octanol–water partition coefficient (Wildman–Crippen LogP) is 0.389. The Morgan fingerprint density at radius 2 is 2.18 bits per heavy atom. The highest BCUT2D eigenvalue weighted by molar-refractivity contribution is 5.18. The highest BCUT2D eigenvalue weighted by atomic mass is 16.3. The van der Waals surface area contributed by atoms with Crippen LogP contribution in [0.3, 0.4) is 0 Å². The van der Waals surface area contributed by atoms with Crippen LogP contribution in [0.5, 0.6) is 0 Å². The van der Waals surface area contributed by atoms with Crippen molar-refractivity contribution < 1.29 is 10.2 Å². The van der Waals surface area contributed by atoms with Crippen molar-refractivity contribution in [2.45, 2.75) is 25.9 Å². The topological polar surface area (TPSA) is 40.5 Å². The molecule has 0 aromatic carbocycles. The van der Waals surface area contributed by atoms with E-state index in [-0.39, 0.29) is 6.61 Å². The minimum absolute atomic E-state index is 0.227. The molecule has 1 rings (SSSR count). The fourth-order valence-corrected chi connectivity index (χ4v) is 0.895. The van der Waals surface area contributed by atoms with Crippen LogP contribution in [0.1, 0.15) is 20.3 Å². The third-order valence-electron chi connectivity index (χ3n) is 1.72. The van der Waals surface area contributed by atoms with Crippen molar-refractivity contribution in [2.24, 2.45) is 11.8 Å². The number of hydrogen-bond donors (Lipinski definition) is 2. The number of aliphatic hydroxyl groups is 2. The van der Waals surface area contributed by atoms with Gasteiger partial charge in [0.05, 0.1) is 0 Å². The lowest BCUT2D eigenvalue weighted by Gasteiger charge is -2.05. The lowest BCUT2D eigenvalue weighted by molar-refractivity contribution is 0.143. The Bertz CT molecular complexity index is 192. The van der Waals surface area contributed by atoms with E-state index in [1.165, 1.54) is 0 Å². The average molecular weight is 154 g/mol. The van der Waals surface area contributed by atoms with E-state index in [1.807, 2.05) is 0 Å². The smallest absolute Gasteiger partial charge is 0.119 e. The normalized spacial score (nSPS) is 29.1. The zero-order chi connectivity index (χ0) is 8.48. The van der Waals surface area contributed by atoms with Gasteiger partial charge in [-0.05, 0) is 26.2 Å². The van der Waals surface area contributed by atoms with E-state index < -0.39 is 5.60 Å². The minimum Gasteiger partial charge on any atom is -0.396 e. The Morgan fingerprint density at radius 3 is 2.55 bits per heavy atom. The summed E-state index contributed by atoms with van der Waals surface area (Å²) in [6.07, 6.45) is 0.986. The van der Waals surface area contributed by atoms with E-state index >= 15 is 0 Å². The van der Waals surface area contributed by atoms with Crippen molar-refractivity contribution in [1.82, 2.24) is 0 Å². The molecule has 2 unspecified atom stereocenters. The van der Waals surface area contributed by atoms with E-state index in [9.17, 15) is 5.11 Å². The van der Waals surface area contributed by atoms with E-state index in [4.69, 9.17) is 5.11 Å². The van der Waals surface area contributed by atoms with Crippen molar-refractivity contribution in [2.75, 3.05) is 6.61 Å². The fraction of sp³-hybridized carbons (Fsp3) is 0.778. The van der Waals surface area contributed by atoms with Gasteiger partial charge in [-0.2, -0.15) is 0 Å². The van der Waals surface area contributed by atoms with Gasteiger partial charge in [0.25, 0.3) is 0 Å². The maximum atomic E-state index is 9.22. The molecule has 1 fully saturated rings. The standard InChI is InChI=1S/C9H14O2/c1-9(2,11)4-3-7-5-8(7)6-10/h7-8,10-11H,5-6H2,1-2H3. The first-order chi connectivity index (χ1) is 5.03. The second kappa shape index (κ2) is 2.84. The number of rotatable bonds is 1. The van der Waals surface area contributed by atoms with Gasteiger partial charge in [0.1, 0.15) is 5.60 Å². The van der Waals surface area contributed by atoms with Gasteiger partial charge in [0, 0.05) is 12.5 Å². The molecule has 0 heterocycles. The van der Waals surface area contributed by atoms with Crippen LogP contribution in [0.25, 0.3) is 0 Å². The molecular formula is C9H14O2. The highest BCUT2D eigenvalue weighted by Gasteiger charge is 2.34. The van der Waals surface area contributed by atoms with E-state index in [0.29, 0.717) is 11.8 Å². The first-order valence-corrected chi connectivity index (χ1v) is 3.89. The summed E-state index contributed by atoms with van der Waals surface area (Å²) < 4.78 is 0. The van der Waals surface area contributed by atoms with E-state index in [0.717, 1.165) is 6.42 Å². The molecule has 0 spiro atoms. The summed E-state index contributed by atoms with van der Waals surface area (Å²) in [5, 5.41) is 17.9. The SMILES string of the molecule is CC(C)(O)C#CC1CC1CO. The predicted molar refractivity (Wildman–Crippen MR) is 42.8 cm³/mol. The summed E-state index contributed by atoms with van der Waals surface area (Å²) in [4.78, 5) is 0. The van der Waals surface area contributed by atoms with Crippen LogP contribution in [0.2, 0.25) is 0 Å². The second-order valence-electron chi connectivity index (χ2n) is 3.61. The maximum absolute atomic E-state index is 9.22. The van der Waals surface area contributed by atoms with Gasteiger partial charge in [0.15, 0.2) is 0 Å².